The van der Waals surface area contributed by atoms with E-state index in [1.54, 1.807) is 6.07 Å². The molecule has 0 aromatic heterocycles. The maximum Gasteiger partial charge on any atom is 0.172 e. The summed E-state index contributed by atoms with van der Waals surface area (Å²) in [5.74, 6) is 0.130. The standard InChI is InChI=1S/C15H22ClN3O/c1-2-19(12-6-4-3-5-7-12)14-10-11(16)8-9-13(14)15(17)18-20/h8-10,12,20H,2-7H2,1H3,(H2,17,18). The van der Waals surface area contributed by atoms with Crippen LogP contribution in [0, 0.1) is 0 Å². The van der Waals surface area contributed by atoms with Crippen molar-refractivity contribution in [2.75, 3.05) is 11.4 Å². The summed E-state index contributed by atoms with van der Waals surface area (Å²) < 4.78 is 0. The molecule has 0 aliphatic heterocycles. The Morgan fingerprint density at radius 3 is 2.70 bits per heavy atom. The number of hydrogen-bond donors (Lipinski definition) is 2. The Morgan fingerprint density at radius 1 is 1.40 bits per heavy atom. The summed E-state index contributed by atoms with van der Waals surface area (Å²) in [6, 6.07) is 6.01. The molecule has 1 aliphatic carbocycles. The minimum Gasteiger partial charge on any atom is -0.409 e. The second kappa shape index (κ2) is 6.84. The van der Waals surface area contributed by atoms with Gasteiger partial charge in [-0.25, -0.2) is 0 Å². The van der Waals surface area contributed by atoms with Gasteiger partial charge in [0.2, 0.25) is 0 Å². The van der Waals surface area contributed by atoms with E-state index in [1.165, 1.54) is 32.1 Å². The van der Waals surface area contributed by atoms with E-state index in [2.05, 4.69) is 17.0 Å². The number of oxime groups is 1. The number of amidine groups is 1. The molecule has 5 heteroatoms. The van der Waals surface area contributed by atoms with Crippen LogP contribution < -0.4 is 10.6 Å². The number of hydrogen-bond acceptors (Lipinski definition) is 3. The van der Waals surface area contributed by atoms with Crippen molar-refractivity contribution in [3.63, 3.8) is 0 Å². The fourth-order valence-electron chi connectivity index (χ4n) is 3.03. The predicted molar refractivity (Wildman–Crippen MR) is 83.9 cm³/mol. The summed E-state index contributed by atoms with van der Waals surface area (Å²) in [6.07, 6.45) is 6.23. The summed E-state index contributed by atoms with van der Waals surface area (Å²) in [6.45, 7) is 3.02. The molecule has 1 fully saturated rings. The molecule has 0 radical (unpaired) electrons. The van der Waals surface area contributed by atoms with Gasteiger partial charge in [-0.1, -0.05) is 36.0 Å². The van der Waals surface area contributed by atoms with Crippen LogP contribution in [0.1, 0.15) is 44.6 Å². The minimum atomic E-state index is 0.130. The lowest BCUT2D eigenvalue weighted by Gasteiger charge is -2.36. The molecule has 1 saturated carbocycles. The molecule has 1 aliphatic rings. The average Bonchev–Trinajstić information content (AvgIpc) is 2.48. The van der Waals surface area contributed by atoms with Gasteiger partial charge in [0, 0.05) is 28.9 Å². The highest BCUT2D eigenvalue weighted by Gasteiger charge is 2.23. The van der Waals surface area contributed by atoms with Crippen LogP contribution in [0.4, 0.5) is 5.69 Å². The third kappa shape index (κ3) is 3.18. The van der Waals surface area contributed by atoms with Gasteiger partial charge in [0.15, 0.2) is 5.84 Å². The van der Waals surface area contributed by atoms with E-state index >= 15 is 0 Å². The number of anilines is 1. The second-order valence-corrected chi connectivity index (χ2v) is 5.66. The van der Waals surface area contributed by atoms with Crippen LogP contribution in [0.25, 0.3) is 0 Å². The van der Waals surface area contributed by atoms with Gasteiger partial charge in [-0.05, 0) is 38.0 Å². The van der Waals surface area contributed by atoms with Gasteiger partial charge in [-0.2, -0.15) is 0 Å². The highest BCUT2D eigenvalue weighted by Crippen LogP contribution is 2.31. The molecule has 0 heterocycles. The maximum atomic E-state index is 8.96. The molecule has 1 aromatic carbocycles. The molecular formula is C15H22ClN3O. The molecule has 20 heavy (non-hydrogen) atoms. The van der Waals surface area contributed by atoms with Crippen molar-refractivity contribution in [3.05, 3.63) is 28.8 Å². The fraction of sp³-hybridized carbons (Fsp3) is 0.533. The molecule has 0 amide bonds. The first-order chi connectivity index (χ1) is 9.67. The van der Waals surface area contributed by atoms with Crippen LogP contribution in [0.3, 0.4) is 0 Å². The van der Waals surface area contributed by atoms with Crippen molar-refractivity contribution in [1.82, 2.24) is 0 Å². The van der Waals surface area contributed by atoms with Crippen molar-refractivity contribution < 1.29 is 5.21 Å². The van der Waals surface area contributed by atoms with Crippen molar-refractivity contribution >= 4 is 23.1 Å². The number of benzene rings is 1. The Balaban J connectivity index is 2.39. The monoisotopic (exact) mass is 295 g/mol. The van der Waals surface area contributed by atoms with Gasteiger partial charge in [0.1, 0.15) is 0 Å². The summed E-state index contributed by atoms with van der Waals surface area (Å²) in [5.41, 5.74) is 7.50. The molecule has 3 N–H and O–H groups in total. The zero-order chi connectivity index (χ0) is 14.5. The van der Waals surface area contributed by atoms with Crippen LogP contribution in [0.15, 0.2) is 23.4 Å². The number of rotatable bonds is 4. The van der Waals surface area contributed by atoms with Gasteiger partial charge in [0.05, 0.1) is 0 Å². The summed E-state index contributed by atoms with van der Waals surface area (Å²) in [5, 5.41) is 12.8. The van der Waals surface area contributed by atoms with Crippen molar-refractivity contribution in [3.8, 4) is 0 Å². The minimum absolute atomic E-state index is 0.130. The molecule has 110 valence electrons. The second-order valence-electron chi connectivity index (χ2n) is 5.22. The molecular weight excluding hydrogens is 274 g/mol. The van der Waals surface area contributed by atoms with Gasteiger partial charge >= 0.3 is 0 Å². The Labute approximate surface area is 125 Å². The first-order valence-corrected chi connectivity index (χ1v) is 7.59. The largest absolute Gasteiger partial charge is 0.409 e. The van der Waals surface area contributed by atoms with Crippen molar-refractivity contribution in [2.24, 2.45) is 10.9 Å². The summed E-state index contributed by atoms with van der Waals surface area (Å²) in [4.78, 5) is 2.33. The molecule has 0 bridgehead atoms. The van der Waals surface area contributed by atoms with Crippen molar-refractivity contribution in [2.45, 2.75) is 45.1 Å². The van der Waals surface area contributed by atoms with E-state index in [-0.39, 0.29) is 5.84 Å². The highest BCUT2D eigenvalue weighted by atomic mass is 35.5. The lowest BCUT2D eigenvalue weighted by atomic mass is 9.93. The van der Waals surface area contributed by atoms with E-state index in [1.807, 2.05) is 12.1 Å². The lowest BCUT2D eigenvalue weighted by molar-refractivity contribution is 0.318. The Kier molecular flexibility index (Phi) is 5.12. The third-order valence-electron chi connectivity index (χ3n) is 4.01. The zero-order valence-electron chi connectivity index (χ0n) is 11.8. The van der Waals surface area contributed by atoms with E-state index < -0.39 is 0 Å². The molecule has 1 aromatic rings. The van der Waals surface area contributed by atoms with Gasteiger partial charge in [-0.15, -0.1) is 0 Å². The van der Waals surface area contributed by atoms with E-state index in [9.17, 15) is 0 Å². The number of nitrogens with zero attached hydrogens (tertiary/aromatic N) is 2. The first-order valence-electron chi connectivity index (χ1n) is 7.21. The lowest BCUT2D eigenvalue weighted by Crippen LogP contribution is -2.38. The summed E-state index contributed by atoms with van der Waals surface area (Å²) in [7, 11) is 0. The number of halogens is 1. The Morgan fingerprint density at radius 2 is 2.10 bits per heavy atom. The summed E-state index contributed by atoms with van der Waals surface area (Å²) >= 11 is 6.13. The molecule has 0 atom stereocenters. The van der Waals surface area contributed by atoms with E-state index in [0.29, 0.717) is 11.1 Å². The predicted octanol–water partition coefficient (Wildman–Crippen LogP) is 3.59. The van der Waals surface area contributed by atoms with Gasteiger partial charge in [-0.3, -0.25) is 0 Å². The normalized spacial score (nSPS) is 17.2. The van der Waals surface area contributed by atoms with E-state index in [0.717, 1.165) is 17.8 Å². The smallest absolute Gasteiger partial charge is 0.172 e. The quantitative estimate of drug-likeness (QED) is 0.386. The Bertz CT molecular complexity index is 484. The molecule has 0 saturated heterocycles. The fourth-order valence-corrected chi connectivity index (χ4v) is 3.20. The van der Waals surface area contributed by atoms with Crippen LogP contribution in [0.2, 0.25) is 5.02 Å². The molecule has 4 nitrogen and oxygen atoms in total. The topological polar surface area (TPSA) is 61.8 Å². The SMILES string of the molecule is CCN(c1cc(Cl)ccc1C(N)=NO)C1CCCCC1. The number of nitrogens with two attached hydrogens (primary N) is 1. The first kappa shape index (κ1) is 15.0. The van der Waals surface area contributed by atoms with Crippen LogP contribution >= 0.6 is 11.6 Å². The highest BCUT2D eigenvalue weighted by molar-refractivity contribution is 6.31. The average molecular weight is 296 g/mol. The molecule has 0 spiro atoms. The molecule has 0 unspecified atom stereocenters. The van der Waals surface area contributed by atoms with Crippen molar-refractivity contribution in [1.29, 1.82) is 0 Å². The van der Waals surface area contributed by atoms with Crippen LogP contribution in [0.5, 0.6) is 0 Å². The van der Waals surface area contributed by atoms with Gasteiger partial charge in [0.25, 0.3) is 0 Å². The van der Waals surface area contributed by atoms with Crippen LogP contribution in [-0.4, -0.2) is 23.6 Å². The zero-order valence-corrected chi connectivity index (χ0v) is 12.6. The van der Waals surface area contributed by atoms with Crippen LogP contribution in [-0.2, 0) is 0 Å². The van der Waals surface area contributed by atoms with Gasteiger partial charge < -0.3 is 15.8 Å². The Hall–Kier alpha value is -1.42. The third-order valence-corrected chi connectivity index (χ3v) is 4.24. The van der Waals surface area contributed by atoms with E-state index in [4.69, 9.17) is 22.5 Å². The molecule has 2 rings (SSSR count). The maximum absolute atomic E-state index is 8.96.